The summed E-state index contributed by atoms with van der Waals surface area (Å²) in [5.41, 5.74) is 0.830. The van der Waals surface area contributed by atoms with Crippen LogP contribution in [0.4, 0.5) is 5.69 Å². The molecule has 3 rings (SSSR count). The number of anilines is 1. The van der Waals surface area contributed by atoms with Gasteiger partial charge >= 0.3 is 5.97 Å². The Morgan fingerprint density at radius 3 is 2.50 bits per heavy atom. The summed E-state index contributed by atoms with van der Waals surface area (Å²) in [4.78, 5) is 12.4. The van der Waals surface area contributed by atoms with Gasteiger partial charge in [0.05, 0.1) is 11.2 Å². The van der Waals surface area contributed by atoms with Crippen LogP contribution in [0.3, 0.4) is 0 Å². The Hall–Kier alpha value is -2.31. The smallest absolute Gasteiger partial charge is 0.334 e. The van der Waals surface area contributed by atoms with Gasteiger partial charge in [0.15, 0.2) is 5.54 Å². The Kier molecular flexibility index (Phi) is 5.07. The summed E-state index contributed by atoms with van der Waals surface area (Å²) < 4.78 is 16.2. The molecule has 0 fully saturated rings. The third-order valence-corrected chi connectivity index (χ3v) is 5.34. The van der Waals surface area contributed by atoms with E-state index in [1.807, 2.05) is 31.2 Å². The Bertz CT molecular complexity index is 984. The van der Waals surface area contributed by atoms with Crippen molar-refractivity contribution in [2.45, 2.75) is 18.9 Å². The van der Waals surface area contributed by atoms with Crippen molar-refractivity contribution in [3.05, 3.63) is 65.3 Å². The van der Waals surface area contributed by atoms with Crippen LogP contribution in [-0.2, 0) is 21.3 Å². The molecule has 2 atom stereocenters. The van der Waals surface area contributed by atoms with E-state index in [-0.39, 0.29) is 0 Å². The molecule has 26 heavy (non-hydrogen) atoms. The van der Waals surface area contributed by atoms with Crippen molar-refractivity contribution in [2.75, 3.05) is 11.0 Å². The maximum Gasteiger partial charge on any atom is 0.334 e. The molecule has 2 N–H and O–H groups in total. The molecule has 0 aliphatic rings. The van der Waals surface area contributed by atoms with Crippen LogP contribution in [0.1, 0.15) is 18.9 Å². The zero-order valence-electron chi connectivity index (χ0n) is 14.4. The SMILES string of the molecule is CCC(C(=O)O)(c1ccc(Cl)cc1)n1ccc2c(NS(C)=O)cccc21. The molecule has 0 saturated carbocycles. The Morgan fingerprint density at radius 1 is 1.23 bits per heavy atom. The maximum atomic E-state index is 12.4. The second kappa shape index (κ2) is 7.13. The van der Waals surface area contributed by atoms with Gasteiger partial charge in [-0.15, -0.1) is 0 Å². The van der Waals surface area contributed by atoms with Crippen LogP contribution < -0.4 is 4.72 Å². The van der Waals surface area contributed by atoms with Gasteiger partial charge in [-0.3, -0.25) is 0 Å². The van der Waals surface area contributed by atoms with Gasteiger partial charge in [0.25, 0.3) is 0 Å². The van der Waals surface area contributed by atoms with Gasteiger partial charge in [0.1, 0.15) is 11.0 Å². The summed E-state index contributed by atoms with van der Waals surface area (Å²) in [7, 11) is -1.22. The zero-order chi connectivity index (χ0) is 18.9. The highest BCUT2D eigenvalue weighted by molar-refractivity contribution is 7.85. The van der Waals surface area contributed by atoms with Crippen LogP contribution in [0.5, 0.6) is 0 Å². The fourth-order valence-corrected chi connectivity index (χ4v) is 3.97. The number of aromatic nitrogens is 1. The summed E-state index contributed by atoms with van der Waals surface area (Å²) >= 11 is 5.98. The normalized spacial score (nSPS) is 14.7. The minimum atomic E-state index is -1.27. The molecule has 0 amide bonds. The van der Waals surface area contributed by atoms with Gasteiger partial charge in [0.2, 0.25) is 0 Å². The topological polar surface area (TPSA) is 71.3 Å². The van der Waals surface area contributed by atoms with Gasteiger partial charge in [-0.1, -0.05) is 36.7 Å². The number of rotatable bonds is 6. The van der Waals surface area contributed by atoms with E-state index in [9.17, 15) is 14.1 Å². The van der Waals surface area contributed by atoms with E-state index in [1.54, 1.807) is 41.3 Å². The number of benzene rings is 2. The largest absolute Gasteiger partial charge is 0.479 e. The number of halogens is 1. The molecule has 5 nitrogen and oxygen atoms in total. The highest BCUT2D eigenvalue weighted by atomic mass is 35.5. The van der Waals surface area contributed by atoms with Crippen molar-refractivity contribution in [1.29, 1.82) is 0 Å². The third-order valence-electron chi connectivity index (χ3n) is 4.59. The van der Waals surface area contributed by atoms with Crippen LogP contribution in [0.25, 0.3) is 10.9 Å². The number of carbonyl (C=O) groups is 1. The molecule has 2 aromatic carbocycles. The van der Waals surface area contributed by atoms with Crippen LogP contribution >= 0.6 is 11.6 Å². The van der Waals surface area contributed by atoms with Crippen molar-refractivity contribution in [2.24, 2.45) is 0 Å². The quantitative estimate of drug-likeness (QED) is 0.661. The van der Waals surface area contributed by atoms with Crippen LogP contribution in [0, 0.1) is 0 Å². The predicted molar refractivity (Wildman–Crippen MR) is 106 cm³/mol. The first-order valence-electron chi connectivity index (χ1n) is 8.10. The first-order valence-corrected chi connectivity index (χ1v) is 10.0. The molecular formula is C19H19ClN2O3S. The highest BCUT2D eigenvalue weighted by Crippen LogP contribution is 2.36. The van der Waals surface area contributed by atoms with E-state index in [0.717, 1.165) is 10.9 Å². The number of aliphatic carboxylic acids is 1. The number of hydrogen-bond donors (Lipinski definition) is 2. The molecule has 0 saturated heterocycles. The average molecular weight is 391 g/mol. The maximum absolute atomic E-state index is 12.4. The number of hydrogen-bond acceptors (Lipinski definition) is 2. The molecule has 136 valence electrons. The minimum Gasteiger partial charge on any atom is -0.479 e. The molecule has 1 aromatic heterocycles. The molecule has 0 aliphatic carbocycles. The second-order valence-electron chi connectivity index (χ2n) is 6.01. The first kappa shape index (κ1) is 18.5. The lowest BCUT2D eigenvalue weighted by Crippen LogP contribution is -2.42. The molecule has 0 radical (unpaired) electrons. The Labute approximate surface area is 159 Å². The van der Waals surface area contributed by atoms with E-state index in [0.29, 0.717) is 22.7 Å². The van der Waals surface area contributed by atoms with Gasteiger partial charge in [-0.05, 0) is 42.3 Å². The molecule has 0 aliphatic heterocycles. The number of fused-ring (bicyclic) bond motifs is 1. The third kappa shape index (κ3) is 2.99. The number of carboxylic acids is 1. The monoisotopic (exact) mass is 390 g/mol. The van der Waals surface area contributed by atoms with Crippen LogP contribution in [0.2, 0.25) is 5.02 Å². The first-order chi connectivity index (χ1) is 12.4. The lowest BCUT2D eigenvalue weighted by atomic mass is 9.86. The van der Waals surface area contributed by atoms with Crippen LogP contribution in [0.15, 0.2) is 54.7 Å². The molecule has 3 aromatic rings. The Morgan fingerprint density at radius 2 is 1.92 bits per heavy atom. The molecule has 2 unspecified atom stereocenters. The lowest BCUT2D eigenvalue weighted by Gasteiger charge is -2.32. The highest BCUT2D eigenvalue weighted by Gasteiger charge is 2.41. The van der Waals surface area contributed by atoms with Crippen molar-refractivity contribution < 1.29 is 14.1 Å². The van der Waals surface area contributed by atoms with E-state index in [1.165, 1.54) is 0 Å². The summed E-state index contributed by atoms with van der Waals surface area (Å²) in [6.45, 7) is 1.85. The molecule has 1 heterocycles. The van der Waals surface area contributed by atoms with E-state index >= 15 is 0 Å². The van der Waals surface area contributed by atoms with E-state index in [4.69, 9.17) is 11.6 Å². The summed E-state index contributed by atoms with van der Waals surface area (Å²) in [5, 5.41) is 11.5. The van der Waals surface area contributed by atoms with Gasteiger partial charge in [-0.2, -0.15) is 0 Å². The van der Waals surface area contributed by atoms with Crippen molar-refractivity contribution >= 4 is 45.1 Å². The minimum absolute atomic E-state index is 0.352. The van der Waals surface area contributed by atoms with E-state index < -0.39 is 22.5 Å². The number of nitrogens with zero attached hydrogens (tertiary/aromatic N) is 1. The molecule has 7 heteroatoms. The van der Waals surface area contributed by atoms with E-state index in [2.05, 4.69) is 4.72 Å². The summed E-state index contributed by atoms with van der Waals surface area (Å²) in [6, 6.07) is 14.2. The second-order valence-corrected chi connectivity index (χ2v) is 7.55. The van der Waals surface area contributed by atoms with Crippen LogP contribution in [-0.4, -0.2) is 26.1 Å². The zero-order valence-corrected chi connectivity index (χ0v) is 16.0. The van der Waals surface area contributed by atoms with Crippen molar-refractivity contribution in [1.82, 2.24) is 4.57 Å². The van der Waals surface area contributed by atoms with Crippen molar-refractivity contribution in [3.8, 4) is 0 Å². The number of carboxylic acid groups (broad SMARTS) is 1. The van der Waals surface area contributed by atoms with Crippen molar-refractivity contribution in [3.63, 3.8) is 0 Å². The lowest BCUT2D eigenvalue weighted by molar-refractivity contribution is -0.145. The number of nitrogens with one attached hydrogen (secondary N) is 1. The van der Waals surface area contributed by atoms with Gasteiger partial charge < -0.3 is 14.4 Å². The predicted octanol–water partition coefficient (Wildman–Crippen LogP) is 4.24. The fourth-order valence-electron chi connectivity index (χ4n) is 3.36. The molecular weight excluding hydrogens is 372 g/mol. The summed E-state index contributed by atoms with van der Waals surface area (Å²) in [6.07, 6.45) is 3.67. The summed E-state index contributed by atoms with van der Waals surface area (Å²) in [5.74, 6) is -0.947. The fraction of sp³-hybridized carbons (Fsp3) is 0.211. The molecule has 0 spiro atoms. The average Bonchev–Trinajstić information content (AvgIpc) is 3.02. The molecule has 0 bridgehead atoms. The van der Waals surface area contributed by atoms with Gasteiger partial charge in [-0.25, -0.2) is 9.00 Å². The standard InChI is InChI=1S/C19H19ClN2O3S/c1-3-19(18(23)24,13-7-9-14(20)10-8-13)22-12-11-15-16(21-26(2)25)5-4-6-17(15)22/h4-12,21H,3H2,1-2H3,(H,23,24). The Balaban J connectivity index is 2.27. The van der Waals surface area contributed by atoms with Gasteiger partial charge in [0, 0.05) is 22.9 Å².